The van der Waals surface area contributed by atoms with Gasteiger partial charge in [-0.25, -0.2) is 13.4 Å². The van der Waals surface area contributed by atoms with E-state index < -0.39 is 10.0 Å². The van der Waals surface area contributed by atoms with Crippen molar-refractivity contribution >= 4 is 42.6 Å². The van der Waals surface area contributed by atoms with Crippen LogP contribution in [0, 0.1) is 0 Å². The molecule has 0 radical (unpaired) electrons. The van der Waals surface area contributed by atoms with E-state index in [0.29, 0.717) is 30.3 Å². The quantitative estimate of drug-likeness (QED) is 0.290. The van der Waals surface area contributed by atoms with Gasteiger partial charge in [0, 0.05) is 18.7 Å². The number of fused-ring (bicyclic) bond motifs is 1. The lowest BCUT2D eigenvalue weighted by atomic mass is 10.1. The number of thiazole rings is 1. The molecule has 0 spiro atoms. The summed E-state index contributed by atoms with van der Waals surface area (Å²) >= 11 is 1.49. The average Bonchev–Trinajstić information content (AvgIpc) is 3.32. The molecule has 1 heterocycles. The van der Waals surface area contributed by atoms with E-state index in [-0.39, 0.29) is 10.8 Å². The Morgan fingerprint density at radius 1 is 0.886 bits per heavy atom. The molecule has 0 N–H and O–H groups in total. The molecular weight excluding hydrogens is 478 g/mol. The van der Waals surface area contributed by atoms with Crippen LogP contribution in [0.25, 0.3) is 10.2 Å². The summed E-state index contributed by atoms with van der Waals surface area (Å²) < 4.78 is 28.1. The van der Waals surface area contributed by atoms with Gasteiger partial charge in [-0.05, 0) is 47.9 Å². The SMILES string of the molecule is CCc1cccc2sc(N(Cc3ccccc3)C(=O)c3ccc(S(=O)(=O)N(CC)CC)cc3)nc12. The minimum absolute atomic E-state index is 0.180. The lowest BCUT2D eigenvalue weighted by Gasteiger charge is -2.21. The maximum atomic E-state index is 13.7. The number of sulfonamides is 1. The minimum atomic E-state index is -3.59. The van der Waals surface area contributed by atoms with Crippen molar-refractivity contribution in [3.05, 3.63) is 89.5 Å². The fourth-order valence-corrected chi connectivity index (χ4v) is 6.49. The molecule has 35 heavy (non-hydrogen) atoms. The van der Waals surface area contributed by atoms with Crippen LogP contribution in [0.15, 0.2) is 77.7 Å². The van der Waals surface area contributed by atoms with Crippen LogP contribution in [0.4, 0.5) is 5.13 Å². The van der Waals surface area contributed by atoms with Crippen LogP contribution in [0.3, 0.4) is 0 Å². The van der Waals surface area contributed by atoms with E-state index >= 15 is 0 Å². The van der Waals surface area contributed by atoms with Crippen LogP contribution >= 0.6 is 11.3 Å². The number of para-hydroxylation sites is 1. The lowest BCUT2D eigenvalue weighted by molar-refractivity contribution is 0.0985. The third-order valence-corrected chi connectivity index (χ3v) is 9.08. The summed E-state index contributed by atoms with van der Waals surface area (Å²) in [4.78, 5) is 20.4. The molecule has 6 nitrogen and oxygen atoms in total. The molecule has 0 aliphatic rings. The van der Waals surface area contributed by atoms with Crippen LogP contribution in [-0.4, -0.2) is 36.7 Å². The number of anilines is 1. The Kier molecular flexibility index (Phi) is 7.64. The second-order valence-corrected chi connectivity index (χ2v) is 11.1. The van der Waals surface area contributed by atoms with Crippen molar-refractivity contribution in [3.8, 4) is 0 Å². The van der Waals surface area contributed by atoms with Gasteiger partial charge in [-0.3, -0.25) is 9.69 Å². The third-order valence-electron chi connectivity index (χ3n) is 5.98. The molecule has 1 aromatic heterocycles. The smallest absolute Gasteiger partial charge is 0.260 e. The molecule has 0 saturated heterocycles. The number of rotatable bonds is 9. The van der Waals surface area contributed by atoms with Gasteiger partial charge in [0.2, 0.25) is 10.0 Å². The van der Waals surface area contributed by atoms with Crippen LogP contribution < -0.4 is 4.90 Å². The highest BCUT2D eigenvalue weighted by atomic mass is 32.2. The van der Waals surface area contributed by atoms with Crippen molar-refractivity contribution in [1.82, 2.24) is 9.29 Å². The molecule has 0 aliphatic heterocycles. The van der Waals surface area contributed by atoms with Crippen molar-refractivity contribution in [2.24, 2.45) is 0 Å². The van der Waals surface area contributed by atoms with Gasteiger partial charge in [-0.2, -0.15) is 4.31 Å². The number of carbonyl (C=O) groups is 1. The van der Waals surface area contributed by atoms with Gasteiger partial charge >= 0.3 is 0 Å². The summed E-state index contributed by atoms with van der Waals surface area (Å²) in [6.07, 6.45) is 0.857. The molecule has 0 aliphatic carbocycles. The lowest BCUT2D eigenvalue weighted by Crippen LogP contribution is -2.31. The number of amides is 1. The Morgan fingerprint density at radius 3 is 2.20 bits per heavy atom. The van der Waals surface area contributed by atoms with Gasteiger partial charge in [-0.1, -0.05) is 74.6 Å². The van der Waals surface area contributed by atoms with Gasteiger partial charge in [0.25, 0.3) is 5.91 Å². The first-order chi connectivity index (χ1) is 16.9. The minimum Gasteiger partial charge on any atom is -0.279 e. The molecule has 4 rings (SSSR count). The number of aryl methyl sites for hydroxylation is 1. The van der Waals surface area contributed by atoms with Crippen molar-refractivity contribution in [1.29, 1.82) is 0 Å². The molecular formula is C27H29N3O3S2. The topological polar surface area (TPSA) is 70.6 Å². The molecule has 0 bridgehead atoms. The Balaban J connectivity index is 1.72. The maximum Gasteiger partial charge on any atom is 0.260 e. The predicted molar refractivity (Wildman–Crippen MR) is 143 cm³/mol. The van der Waals surface area contributed by atoms with Crippen LogP contribution in [0.5, 0.6) is 0 Å². The normalized spacial score (nSPS) is 11.8. The number of aromatic nitrogens is 1. The summed E-state index contributed by atoms with van der Waals surface area (Å²) in [6.45, 7) is 6.85. The average molecular weight is 508 g/mol. The van der Waals surface area contributed by atoms with Gasteiger partial charge < -0.3 is 0 Å². The highest BCUT2D eigenvalue weighted by molar-refractivity contribution is 7.89. The predicted octanol–water partition coefficient (Wildman–Crippen LogP) is 5.74. The molecule has 0 fully saturated rings. The Hall–Kier alpha value is -3.07. The van der Waals surface area contributed by atoms with Crippen molar-refractivity contribution in [2.75, 3.05) is 18.0 Å². The second-order valence-electron chi connectivity index (χ2n) is 8.10. The van der Waals surface area contributed by atoms with Gasteiger partial charge in [0.05, 0.1) is 21.7 Å². The number of benzene rings is 3. The molecule has 0 atom stereocenters. The zero-order valence-electron chi connectivity index (χ0n) is 20.1. The summed E-state index contributed by atoms with van der Waals surface area (Å²) in [5.41, 5.74) is 3.45. The maximum absolute atomic E-state index is 13.7. The van der Waals surface area contributed by atoms with Gasteiger partial charge in [0.15, 0.2) is 5.13 Å². The number of hydrogen-bond donors (Lipinski definition) is 0. The van der Waals surface area contributed by atoms with Crippen molar-refractivity contribution in [3.63, 3.8) is 0 Å². The van der Waals surface area contributed by atoms with Crippen LogP contribution in [0.1, 0.15) is 42.3 Å². The van der Waals surface area contributed by atoms with Crippen LogP contribution in [0.2, 0.25) is 0 Å². The van der Waals surface area contributed by atoms with E-state index in [4.69, 9.17) is 4.98 Å². The first kappa shape index (κ1) is 25.0. The fourth-order valence-electron chi connectivity index (χ4n) is 4.02. The highest BCUT2D eigenvalue weighted by Gasteiger charge is 2.25. The zero-order valence-corrected chi connectivity index (χ0v) is 21.8. The number of nitrogens with zero attached hydrogens (tertiary/aromatic N) is 3. The standard InChI is InChI=1S/C27H29N3O3S2/c1-4-21-13-10-14-24-25(21)28-27(34-24)30(19-20-11-8-7-9-12-20)26(31)22-15-17-23(18-16-22)35(32,33)29(5-2)6-3/h7-18H,4-6,19H2,1-3H3. The van der Waals surface area contributed by atoms with Gasteiger partial charge in [-0.15, -0.1) is 0 Å². The third kappa shape index (κ3) is 5.15. The van der Waals surface area contributed by atoms with Crippen molar-refractivity contribution < 1.29 is 13.2 Å². The summed E-state index contributed by atoms with van der Waals surface area (Å²) in [5.74, 6) is -0.224. The number of carbonyl (C=O) groups excluding carboxylic acids is 1. The van der Waals surface area contributed by atoms with E-state index in [2.05, 4.69) is 13.0 Å². The Bertz CT molecular complexity index is 1410. The Morgan fingerprint density at radius 2 is 1.57 bits per heavy atom. The van der Waals surface area contributed by atoms with Crippen LogP contribution in [-0.2, 0) is 23.0 Å². The van der Waals surface area contributed by atoms with E-state index in [1.54, 1.807) is 17.0 Å². The van der Waals surface area contributed by atoms with E-state index in [1.165, 1.54) is 27.8 Å². The Labute approximate surface area is 210 Å². The van der Waals surface area contributed by atoms with Crippen molar-refractivity contribution in [2.45, 2.75) is 38.6 Å². The summed E-state index contributed by atoms with van der Waals surface area (Å²) in [5, 5.41) is 0.620. The summed E-state index contributed by atoms with van der Waals surface area (Å²) in [7, 11) is -3.59. The molecule has 8 heteroatoms. The van der Waals surface area contributed by atoms with E-state index in [9.17, 15) is 13.2 Å². The van der Waals surface area contributed by atoms with E-state index in [1.807, 2.05) is 56.3 Å². The molecule has 0 unspecified atom stereocenters. The monoisotopic (exact) mass is 507 g/mol. The van der Waals surface area contributed by atoms with Gasteiger partial charge in [0.1, 0.15) is 0 Å². The highest BCUT2D eigenvalue weighted by Crippen LogP contribution is 2.33. The summed E-state index contributed by atoms with van der Waals surface area (Å²) in [6, 6.07) is 22.1. The molecule has 1 amide bonds. The second kappa shape index (κ2) is 10.7. The molecule has 4 aromatic rings. The first-order valence-corrected chi connectivity index (χ1v) is 14.0. The number of hydrogen-bond acceptors (Lipinski definition) is 5. The largest absolute Gasteiger partial charge is 0.279 e. The fraction of sp³-hybridized carbons (Fsp3) is 0.259. The molecule has 3 aromatic carbocycles. The van der Waals surface area contributed by atoms with E-state index in [0.717, 1.165) is 27.8 Å². The first-order valence-electron chi connectivity index (χ1n) is 11.7. The molecule has 182 valence electrons. The zero-order chi connectivity index (χ0) is 25.0. The molecule has 0 saturated carbocycles.